The molecular formula is C30H26N8O2. The van der Waals surface area contributed by atoms with E-state index in [4.69, 9.17) is 10.7 Å². The first kappa shape index (κ1) is 25.0. The van der Waals surface area contributed by atoms with Gasteiger partial charge in [-0.2, -0.15) is 10.2 Å². The molecule has 1 fully saturated rings. The Balaban J connectivity index is 1.54. The lowest BCUT2D eigenvalue weighted by Crippen LogP contribution is -2.28. The lowest BCUT2D eigenvalue weighted by molar-refractivity contribution is 0.607. The van der Waals surface area contributed by atoms with Gasteiger partial charge in [0.15, 0.2) is 0 Å². The molecule has 0 bridgehead atoms. The first-order valence-electron chi connectivity index (χ1n) is 13.0. The summed E-state index contributed by atoms with van der Waals surface area (Å²) < 4.78 is 3.30. The van der Waals surface area contributed by atoms with Crippen LogP contribution in [0.1, 0.15) is 37.2 Å². The van der Waals surface area contributed by atoms with Gasteiger partial charge in [-0.15, -0.1) is 0 Å². The number of nitrogen functional groups attached to an aromatic ring is 1. The van der Waals surface area contributed by atoms with Crippen LogP contribution in [0.2, 0.25) is 0 Å². The molecule has 198 valence electrons. The summed E-state index contributed by atoms with van der Waals surface area (Å²) in [4.78, 5) is 39.9. The molecule has 0 aliphatic heterocycles. The maximum atomic E-state index is 14.3. The van der Waals surface area contributed by atoms with Crippen molar-refractivity contribution in [2.75, 3.05) is 11.1 Å². The summed E-state index contributed by atoms with van der Waals surface area (Å²) in [5.41, 5.74) is 8.32. The number of aromatic nitrogens is 5. The minimum atomic E-state index is -0.539. The third kappa shape index (κ3) is 4.69. The van der Waals surface area contributed by atoms with Crippen molar-refractivity contribution >= 4 is 22.7 Å². The number of benzene rings is 2. The number of nitrogens with two attached hydrogens (primary N) is 1. The van der Waals surface area contributed by atoms with E-state index in [0.717, 1.165) is 18.4 Å². The molecule has 3 aromatic heterocycles. The summed E-state index contributed by atoms with van der Waals surface area (Å²) in [5.74, 6) is 1.23. The van der Waals surface area contributed by atoms with Crippen molar-refractivity contribution in [1.29, 1.82) is 5.26 Å². The number of anilines is 2. The Morgan fingerprint density at radius 1 is 1.07 bits per heavy atom. The number of hydrogen-bond acceptors (Lipinski definition) is 8. The van der Waals surface area contributed by atoms with Gasteiger partial charge in [0.25, 0.3) is 11.1 Å². The number of fused-ring (bicyclic) bond motifs is 1. The van der Waals surface area contributed by atoms with Crippen molar-refractivity contribution in [3.8, 4) is 22.9 Å². The van der Waals surface area contributed by atoms with Crippen LogP contribution in [0.15, 0.2) is 82.6 Å². The fourth-order valence-corrected chi connectivity index (χ4v) is 4.87. The largest absolute Gasteiger partial charge is 0.368 e. The van der Waals surface area contributed by atoms with Crippen LogP contribution in [0.3, 0.4) is 0 Å². The molecule has 3 N–H and O–H groups in total. The van der Waals surface area contributed by atoms with Gasteiger partial charge < -0.3 is 15.6 Å². The quantitative estimate of drug-likeness (QED) is 0.321. The van der Waals surface area contributed by atoms with E-state index in [9.17, 15) is 14.9 Å². The Bertz CT molecular complexity index is 1900. The van der Waals surface area contributed by atoms with E-state index in [0.29, 0.717) is 40.4 Å². The molecule has 40 heavy (non-hydrogen) atoms. The minimum absolute atomic E-state index is 0.0216. The normalized spacial score (nSPS) is 13.6. The topological polar surface area (TPSA) is 145 Å². The summed E-state index contributed by atoms with van der Waals surface area (Å²) in [6, 6.07) is 19.6. The second kappa shape index (κ2) is 10.1. The van der Waals surface area contributed by atoms with E-state index in [1.807, 2.05) is 55.6 Å². The number of rotatable bonds is 7. The Morgan fingerprint density at radius 2 is 1.88 bits per heavy atom. The third-order valence-corrected chi connectivity index (χ3v) is 7.05. The highest BCUT2D eigenvalue weighted by Gasteiger charge is 2.24. The lowest BCUT2D eigenvalue weighted by Gasteiger charge is -2.21. The zero-order valence-corrected chi connectivity index (χ0v) is 21.8. The van der Waals surface area contributed by atoms with E-state index >= 15 is 0 Å². The highest BCUT2D eigenvalue weighted by Crippen LogP contribution is 2.31. The van der Waals surface area contributed by atoms with Gasteiger partial charge in [0.1, 0.15) is 23.3 Å². The molecule has 0 radical (unpaired) electrons. The molecule has 1 atom stereocenters. The first-order chi connectivity index (χ1) is 19.4. The third-order valence-electron chi connectivity index (χ3n) is 7.05. The average molecular weight is 531 g/mol. The summed E-state index contributed by atoms with van der Waals surface area (Å²) in [6.07, 6.45) is 5.44. The standard InChI is InChI=1S/C30H26N8O2/c1-18(34-27-21(14-31)15-33-30(32)36-27)28-35-24-9-5-8-23(20-12-13-25(39)37(17-20)16-19-10-11-19)26(24)29(40)38(28)22-6-3-2-4-7-22/h2-9,12-13,15,17-19H,10-11,16H2,1H3,(H3,32,33,34,36). The number of nitrogens with zero attached hydrogens (tertiary/aromatic N) is 6. The van der Waals surface area contributed by atoms with Gasteiger partial charge in [-0.3, -0.25) is 14.2 Å². The van der Waals surface area contributed by atoms with Crippen LogP contribution in [0.25, 0.3) is 27.7 Å². The number of nitrogens with one attached hydrogen (secondary N) is 1. The highest BCUT2D eigenvalue weighted by molar-refractivity contribution is 5.94. The van der Waals surface area contributed by atoms with Gasteiger partial charge in [-0.05, 0) is 61.1 Å². The first-order valence-corrected chi connectivity index (χ1v) is 13.0. The molecule has 3 heterocycles. The Hall–Kier alpha value is -5.30. The predicted molar refractivity (Wildman–Crippen MR) is 153 cm³/mol. The van der Waals surface area contributed by atoms with Gasteiger partial charge in [0.2, 0.25) is 5.95 Å². The molecule has 5 aromatic rings. The van der Waals surface area contributed by atoms with Gasteiger partial charge in [-0.1, -0.05) is 30.3 Å². The molecule has 0 saturated heterocycles. The van der Waals surface area contributed by atoms with E-state index in [-0.39, 0.29) is 28.4 Å². The average Bonchev–Trinajstić information content (AvgIpc) is 3.78. The summed E-state index contributed by atoms with van der Waals surface area (Å²) in [5, 5.41) is 13.2. The summed E-state index contributed by atoms with van der Waals surface area (Å²) in [7, 11) is 0. The van der Waals surface area contributed by atoms with Gasteiger partial charge in [0, 0.05) is 18.8 Å². The molecule has 1 unspecified atom stereocenters. The van der Waals surface area contributed by atoms with Crippen molar-refractivity contribution in [2.45, 2.75) is 32.4 Å². The van der Waals surface area contributed by atoms with E-state index < -0.39 is 6.04 Å². The molecular weight excluding hydrogens is 504 g/mol. The highest BCUT2D eigenvalue weighted by atomic mass is 16.1. The maximum Gasteiger partial charge on any atom is 0.266 e. The van der Waals surface area contributed by atoms with Gasteiger partial charge >= 0.3 is 0 Å². The van der Waals surface area contributed by atoms with Crippen molar-refractivity contribution in [2.24, 2.45) is 5.92 Å². The van der Waals surface area contributed by atoms with E-state index in [1.165, 1.54) is 6.20 Å². The van der Waals surface area contributed by atoms with Crippen molar-refractivity contribution in [1.82, 2.24) is 24.1 Å². The van der Waals surface area contributed by atoms with Crippen LogP contribution < -0.4 is 22.2 Å². The molecule has 1 aliphatic carbocycles. The van der Waals surface area contributed by atoms with Gasteiger partial charge in [-0.25, -0.2) is 9.97 Å². The Labute approximate surface area is 229 Å². The van der Waals surface area contributed by atoms with Crippen LogP contribution >= 0.6 is 0 Å². The molecule has 0 spiro atoms. The fourth-order valence-electron chi connectivity index (χ4n) is 4.87. The molecule has 6 rings (SSSR count). The van der Waals surface area contributed by atoms with Crippen molar-refractivity contribution < 1.29 is 0 Å². The lowest BCUT2D eigenvalue weighted by atomic mass is 10.0. The zero-order chi connectivity index (χ0) is 27.8. The molecule has 2 aromatic carbocycles. The van der Waals surface area contributed by atoms with Gasteiger partial charge in [0.05, 0.1) is 28.8 Å². The Morgan fingerprint density at radius 3 is 2.62 bits per heavy atom. The van der Waals surface area contributed by atoms with Crippen LogP contribution in [0.5, 0.6) is 0 Å². The Kier molecular flexibility index (Phi) is 6.32. The van der Waals surface area contributed by atoms with E-state index in [1.54, 1.807) is 27.3 Å². The number of pyridine rings is 1. The minimum Gasteiger partial charge on any atom is -0.368 e. The molecule has 1 aliphatic rings. The van der Waals surface area contributed by atoms with Crippen LogP contribution in [-0.4, -0.2) is 24.1 Å². The fraction of sp³-hybridized carbons (Fsp3) is 0.200. The predicted octanol–water partition coefficient (Wildman–Crippen LogP) is 4.04. The second-order valence-electron chi connectivity index (χ2n) is 9.97. The summed E-state index contributed by atoms with van der Waals surface area (Å²) in [6.45, 7) is 2.51. The molecule has 0 amide bonds. The van der Waals surface area contributed by atoms with Crippen molar-refractivity contribution in [3.05, 3.63) is 105 Å². The second-order valence-corrected chi connectivity index (χ2v) is 9.97. The maximum absolute atomic E-state index is 14.3. The molecule has 10 heteroatoms. The number of para-hydroxylation sites is 1. The van der Waals surface area contributed by atoms with Crippen LogP contribution in [-0.2, 0) is 6.54 Å². The van der Waals surface area contributed by atoms with E-state index in [2.05, 4.69) is 21.4 Å². The van der Waals surface area contributed by atoms with Crippen LogP contribution in [0, 0.1) is 17.2 Å². The smallest absolute Gasteiger partial charge is 0.266 e. The molecule has 1 saturated carbocycles. The number of nitriles is 1. The monoisotopic (exact) mass is 530 g/mol. The number of hydrogen-bond donors (Lipinski definition) is 2. The van der Waals surface area contributed by atoms with Crippen LogP contribution in [0.4, 0.5) is 11.8 Å². The zero-order valence-electron chi connectivity index (χ0n) is 21.8. The van der Waals surface area contributed by atoms with Crippen molar-refractivity contribution in [3.63, 3.8) is 0 Å². The molecule has 10 nitrogen and oxygen atoms in total. The summed E-state index contributed by atoms with van der Waals surface area (Å²) >= 11 is 0. The SMILES string of the molecule is CC(Nc1nc(N)ncc1C#N)c1nc2cccc(-c3ccc(=O)n(CC4CC4)c3)c2c(=O)n1-c1ccccc1.